The summed E-state index contributed by atoms with van der Waals surface area (Å²) in [5.74, 6) is 0.785. The van der Waals surface area contributed by atoms with E-state index in [4.69, 9.17) is 9.40 Å². The highest BCUT2D eigenvalue weighted by atomic mass is 127. The van der Waals surface area contributed by atoms with Crippen molar-refractivity contribution in [3.8, 4) is 16.9 Å². The Labute approximate surface area is 203 Å². The lowest BCUT2D eigenvalue weighted by Gasteiger charge is -2.07. The lowest BCUT2D eigenvalue weighted by Crippen LogP contribution is -2.02. The summed E-state index contributed by atoms with van der Waals surface area (Å²) in [6.07, 6.45) is 1.92. The molecule has 0 saturated carbocycles. The van der Waals surface area contributed by atoms with Gasteiger partial charge in [0.2, 0.25) is 0 Å². The first-order valence-electron chi connectivity index (χ1n) is 10.1. The molecule has 6 heteroatoms. The van der Waals surface area contributed by atoms with E-state index in [1.807, 2.05) is 35.0 Å². The number of rotatable bonds is 5. The Balaban J connectivity index is 1.57. The Morgan fingerprint density at radius 2 is 1.75 bits per heavy atom. The number of aryl methyl sites for hydroxylation is 1. The summed E-state index contributed by atoms with van der Waals surface area (Å²) < 4.78 is 8.75. The Kier molecular flexibility index (Phi) is 5.89. The standard InChI is InChI=1S/C26H19IN2O2S/c1-17-6-8-18(9-7-17)16-32-26-28-23(15-29(26)21-12-10-20(27)11-13-21)22-14-19-4-2-3-5-24(19)31-25(22)30/h2-15H,16H2,1H3. The monoisotopic (exact) mass is 550 g/mol. The van der Waals surface area contributed by atoms with Crippen molar-refractivity contribution in [3.05, 3.63) is 110 Å². The maximum Gasteiger partial charge on any atom is 0.345 e. The molecule has 0 unspecified atom stereocenters. The minimum atomic E-state index is -0.383. The van der Waals surface area contributed by atoms with Gasteiger partial charge in [-0.15, -0.1) is 0 Å². The molecule has 5 rings (SSSR count). The molecule has 0 fully saturated rings. The fourth-order valence-corrected chi connectivity index (χ4v) is 4.76. The number of benzene rings is 3. The van der Waals surface area contributed by atoms with Crippen LogP contribution in [-0.2, 0) is 5.75 Å². The SMILES string of the molecule is Cc1ccc(CSc2nc(-c3cc4ccccc4oc3=O)cn2-c2ccc(I)cc2)cc1. The van der Waals surface area contributed by atoms with Crippen LogP contribution in [0.5, 0.6) is 0 Å². The van der Waals surface area contributed by atoms with Gasteiger partial charge in [-0.25, -0.2) is 9.78 Å². The van der Waals surface area contributed by atoms with Crippen LogP contribution in [-0.4, -0.2) is 9.55 Å². The summed E-state index contributed by atoms with van der Waals surface area (Å²) in [7, 11) is 0. The number of thioether (sulfide) groups is 1. The van der Waals surface area contributed by atoms with E-state index in [0.717, 1.165) is 25.6 Å². The molecule has 0 N–H and O–H groups in total. The number of fused-ring (bicyclic) bond motifs is 1. The van der Waals surface area contributed by atoms with Crippen LogP contribution in [0, 0.1) is 10.5 Å². The Morgan fingerprint density at radius 3 is 2.53 bits per heavy atom. The average Bonchev–Trinajstić information content (AvgIpc) is 3.22. The van der Waals surface area contributed by atoms with Crippen LogP contribution in [0.1, 0.15) is 11.1 Å². The van der Waals surface area contributed by atoms with E-state index in [0.29, 0.717) is 16.8 Å². The van der Waals surface area contributed by atoms with Gasteiger partial charge in [-0.3, -0.25) is 4.57 Å². The van der Waals surface area contributed by atoms with Gasteiger partial charge in [0.25, 0.3) is 0 Å². The summed E-state index contributed by atoms with van der Waals surface area (Å²) in [6.45, 7) is 2.09. The highest BCUT2D eigenvalue weighted by molar-refractivity contribution is 14.1. The van der Waals surface area contributed by atoms with Gasteiger partial charge >= 0.3 is 5.63 Å². The molecule has 0 radical (unpaired) electrons. The minimum Gasteiger partial charge on any atom is -0.422 e. The van der Waals surface area contributed by atoms with Crippen molar-refractivity contribution in [1.29, 1.82) is 0 Å². The zero-order valence-corrected chi connectivity index (χ0v) is 20.3. The molecule has 0 atom stereocenters. The van der Waals surface area contributed by atoms with Crippen LogP contribution >= 0.6 is 34.4 Å². The van der Waals surface area contributed by atoms with Gasteiger partial charge in [-0.05, 0) is 71.5 Å². The maximum atomic E-state index is 12.7. The van der Waals surface area contributed by atoms with Gasteiger partial charge in [0, 0.05) is 26.6 Å². The van der Waals surface area contributed by atoms with E-state index in [9.17, 15) is 4.79 Å². The fourth-order valence-electron chi connectivity index (χ4n) is 3.45. The number of hydrogen-bond acceptors (Lipinski definition) is 4. The first kappa shape index (κ1) is 21.0. The molecule has 0 bridgehead atoms. The van der Waals surface area contributed by atoms with Gasteiger partial charge in [0.05, 0.1) is 11.3 Å². The minimum absolute atomic E-state index is 0.383. The number of nitrogens with zero attached hydrogens (tertiary/aromatic N) is 2. The molecule has 0 aliphatic carbocycles. The molecular formula is C26H19IN2O2S. The average molecular weight is 550 g/mol. The first-order valence-corrected chi connectivity index (χ1v) is 12.2. The summed E-state index contributed by atoms with van der Waals surface area (Å²) in [5.41, 5.74) is 4.73. The van der Waals surface area contributed by atoms with E-state index < -0.39 is 0 Å². The van der Waals surface area contributed by atoms with Gasteiger partial charge in [0.15, 0.2) is 5.16 Å². The molecule has 4 nitrogen and oxygen atoms in total. The molecule has 0 saturated heterocycles. The van der Waals surface area contributed by atoms with Crippen molar-refractivity contribution < 1.29 is 4.42 Å². The van der Waals surface area contributed by atoms with E-state index in [-0.39, 0.29) is 5.63 Å². The van der Waals surface area contributed by atoms with Crippen molar-refractivity contribution >= 4 is 45.3 Å². The van der Waals surface area contributed by atoms with Crippen molar-refractivity contribution in [3.63, 3.8) is 0 Å². The number of halogens is 1. The predicted molar refractivity (Wildman–Crippen MR) is 138 cm³/mol. The summed E-state index contributed by atoms with van der Waals surface area (Å²) in [6, 6.07) is 26.1. The second-order valence-electron chi connectivity index (χ2n) is 7.51. The molecule has 2 aromatic heterocycles. The Hall–Kier alpha value is -2.84. The molecule has 158 valence electrons. The second-order valence-corrected chi connectivity index (χ2v) is 9.70. The summed E-state index contributed by atoms with van der Waals surface area (Å²) in [5, 5.41) is 1.70. The Bertz CT molecular complexity index is 1450. The van der Waals surface area contributed by atoms with Crippen molar-refractivity contribution in [2.24, 2.45) is 0 Å². The highest BCUT2D eigenvalue weighted by Crippen LogP contribution is 2.29. The quantitative estimate of drug-likeness (QED) is 0.136. The van der Waals surface area contributed by atoms with E-state index in [1.165, 1.54) is 11.1 Å². The van der Waals surface area contributed by atoms with E-state index in [2.05, 4.69) is 78.0 Å². The molecule has 0 amide bonds. The van der Waals surface area contributed by atoms with Crippen molar-refractivity contribution in [2.75, 3.05) is 0 Å². The van der Waals surface area contributed by atoms with Gasteiger partial charge < -0.3 is 4.42 Å². The van der Waals surface area contributed by atoms with Crippen LogP contribution in [0.2, 0.25) is 0 Å². The van der Waals surface area contributed by atoms with Crippen LogP contribution < -0.4 is 5.63 Å². The second kappa shape index (κ2) is 8.96. The highest BCUT2D eigenvalue weighted by Gasteiger charge is 2.16. The number of hydrogen-bond donors (Lipinski definition) is 0. The fraction of sp³-hybridized carbons (Fsp3) is 0.0769. The number of aromatic nitrogens is 2. The van der Waals surface area contributed by atoms with Crippen LogP contribution in [0.4, 0.5) is 0 Å². The van der Waals surface area contributed by atoms with Crippen LogP contribution in [0.15, 0.2) is 99.4 Å². The molecule has 3 aromatic carbocycles. The molecule has 5 aromatic rings. The first-order chi connectivity index (χ1) is 15.6. The van der Waals surface area contributed by atoms with Gasteiger partial charge in [-0.2, -0.15) is 0 Å². The molecule has 2 heterocycles. The lowest BCUT2D eigenvalue weighted by molar-refractivity contribution is 0.563. The van der Waals surface area contributed by atoms with E-state index >= 15 is 0 Å². The molecule has 0 spiro atoms. The van der Waals surface area contributed by atoms with E-state index in [1.54, 1.807) is 17.8 Å². The molecular weight excluding hydrogens is 531 g/mol. The van der Waals surface area contributed by atoms with Gasteiger partial charge in [-0.1, -0.05) is 59.8 Å². The summed E-state index contributed by atoms with van der Waals surface area (Å²) >= 11 is 3.94. The predicted octanol–water partition coefficient (Wildman–Crippen LogP) is 6.85. The zero-order valence-electron chi connectivity index (χ0n) is 17.3. The van der Waals surface area contributed by atoms with Crippen molar-refractivity contribution in [1.82, 2.24) is 9.55 Å². The lowest BCUT2D eigenvalue weighted by atomic mass is 10.1. The normalized spacial score (nSPS) is 11.2. The third kappa shape index (κ3) is 4.38. The van der Waals surface area contributed by atoms with Crippen LogP contribution in [0.25, 0.3) is 27.9 Å². The number of imidazole rings is 1. The molecule has 32 heavy (non-hydrogen) atoms. The smallest absolute Gasteiger partial charge is 0.345 e. The van der Waals surface area contributed by atoms with Crippen molar-refractivity contribution in [2.45, 2.75) is 17.8 Å². The maximum absolute atomic E-state index is 12.7. The third-order valence-electron chi connectivity index (χ3n) is 5.18. The van der Waals surface area contributed by atoms with Gasteiger partial charge in [0.1, 0.15) is 5.58 Å². The Morgan fingerprint density at radius 1 is 1.00 bits per heavy atom. The number of para-hydroxylation sites is 1. The molecule has 0 aliphatic rings. The topological polar surface area (TPSA) is 48.0 Å². The largest absolute Gasteiger partial charge is 0.422 e. The molecule has 0 aliphatic heterocycles. The zero-order chi connectivity index (χ0) is 22.1. The summed E-state index contributed by atoms with van der Waals surface area (Å²) in [4.78, 5) is 17.6. The van der Waals surface area contributed by atoms with Crippen LogP contribution in [0.3, 0.4) is 0 Å². The third-order valence-corrected chi connectivity index (χ3v) is 6.93.